The summed E-state index contributed by atoms with van der Waals surface area (Å²) in [5, 5.41) is 12.0. The van der Waals surface area contributed by atoms with Gasteiger partial charge < -0.3 is 0 Å². The van der Waals surface area contributed by atoms with Gasteiger partial charge in [0.05, 0.1) is 0 Å². The van der Waals surface area contributed by atoms with Crippen LogP contribution in [-0.4, -0.2) is 44.3 Å². The van der Waals surface area contributed by atoms with E-state index in [1.54, 1.807) is 0 Å². The summed E-state index contributed by atoms with van der Waals surface area (Å²) in [5.41, 5.74) is 0. The van der Waals surface area contributed by atoms with Crippen molar-refractivity contribution in [2.45, 2.75) is 0 Å². The molecule has 0 amide bonds. The predicted molar refractivity (Wildman–Crippen MR) is 16.7 cm³/mol. The molecule has 0 spiro atoms. The quantitative estimate of drug-likeness (QED) is 0.235. The van der Waals surface area contributed by atoms with E-state index in [0.29, 0.717) is 0 Å². The minimum atomic E-state index is -5.38. The van der Waals surface area contributed by atoms with Crippen molar-refractivity contribution in [2.75, 3.05) is 0 Å². The van der Waals surface area contributed by atoms with Crippen LogP contribution in [0, 0.1) is 0 Å². The van der Waals surface area contributed by atoms with Gasteiger partial charge >= 0.3 is 58.2 Å². The first-order valence-corrected chi connectivity index (χ1v) is 2.81. The van der Waals surface area contributed by atoms with E-state index in [9.17, 15) is 0 Å². The fourth-order valence-corrected chi connectivity index (χ4v) is 0. The number of hydrogen-bond acceptors (Lipinski definition) is 5. The standard InChI is InChI=1S/Mn.Na.H2O2.H2O.3O.H/c;;1-2;;;;;/h;;1-2H;1H2;;;;/q+1;;;;;;;/p-1. The summed E-state index contributed by atoms with van der Waals surface area (Å²) in [6.07, 6.45) is 0. The molecule has 0 aliphatic heterocycles. The Morgan fingerprint density at radius 3 is 1.00 bits per heavy atom. The summed E-state index contributed by atoms with van der Waals surface area (Å²) >= 11 is -5.38. The third-order valence-electron chi connectivity index (χ3n) is 0. The fraction of sp³-hybridized carbons (Fsp3) is 0. The third kappa shape index (κ3) is 358. The maximum absolute atomic E-state index is 8.69. The molecule has 0 saturated carbocycles. The van der Waals surface area contributed by atoms with Gasteiger partial charge in [-0.25, -0.2) is 0 Å². The summed E-state index contributed by atoms with van der Waals surface area (Å²) in [4.78, 5) is 0. The van der Waals surface area contributed by atoms with E-state index >= 15 is 0 Å². The molecule has 0 aromatic rings. The molecule has 0 aromatic heterocycles. The van der Waals surface area contributed by atoms with Crippen LogP contribution in [0.4, 0.5) is 0 Å². The van der Waals surface area contributed by atoms with E-state index in [2.05, 4.69) is 0 Å². The molecular formula is H4MnNaO6. The van der Waals surface area contributed by atoms with Crippen LogP contribution >= 0.6 is 0 Å². The van der Waals surface area contributed by atoms with E-state index in [1.165, 1.54) is 0 Å². The van der Waals surface area contributed by atoms with Gasteiger partial charge in [0.25, 0.3) is 0 Å². The van der Waals surface area contributed by atoms with Crippen molar-refractivity contribution in [3.63, 3.8) is 0 Å². The van der Waals surface area contributed by atoms with Gasteiger partial charge in [-0.3, -0.25) is 10.5 Å². The summed E-state index contributed by atoms with van der Waals surface area (Å²) in [6.45, 7) is 0. The van der Waals surface area contributed by atoms with Crippen molar-refractivity contribution in [3.05, 3.63) is 0 Å². The summed E-state index contributed by atoms with van der Waals surface area (Å²) < 4.78 is 33.1. The molecule has 0 atom stereocenters. The van der Waals surface area contributed by atoms with Crippen LogP contribution in [-0.2, 0) is 24.5 Å². The normalized spacial score (nSPS) is 7.88. The zero-order valence-corrected chi connectivity index (χ0v) is 4.12. The van der Waals surface area contributed by atoms with E-state index < -0.39 is 13.0 Å². The molecule has 0 fully saturated rings. The second kappa shape index (κ2) is 7.80. The summed E-state index contributed by atoms with van der Waals surface area (Å²) in [6, 6.07) is 0. The molecule has 6 nitrogen and oxygen atoms in total. The zero-order valence-electron chi connectivity index (χ0n) is 2.94. The van der Waals surface area contributed by atoms with Gasteiger partial charge in [0, 0.05) is 0 Å². The third-order valence-corrected chi connectivity index (χ3v) is 0. The van der Waals surface area contributed by atoms with Crippen LogP contribution in [0.1, 0.15) is 0 Å². The van der Waals surface area contributed by atoms with Crippen LogP contribution in [0.3, 0.4) is 0 Å². The Bertz CT molecular complexity index is 130. The fourth-order valence-electron chi connectivity index (χ4n) is 0. The Hall–Kier alpha value is 0.799. The van der Waals surface area contributed by atoms with Crippen LogP contribution < -0.4 is 0 Å². The van der Waals surface area contributed by atoms with Gasteiger partial charge in [-0.15, -0.1) is 0 Å². The Balaban J connectivity index is -0.0000000750. The van der Waals surface area contributed by atoms with Gasteiger partial charge in [0.1, 0.15) is 0 Å². The Morgan fingerprint density at radius 2 is 1.00 bits per heavy atom. The molecule has 0 rings (SSSR count). The first-order valence-electron chi connectivity index (χ1n) is 0.832. The summed E-state index contributed by atoms with van der Waals surface area (Å²) in [7, 11) is 0. The first kappa shape index (κ1) is 15.9. The molecule has 0 heterocycles. The molecule has 0 radical (unpaired) electrons. The van der Waals surface area contributed by atoms with Gasteiger partial charge in [0.15, 0.2) is 0 Å². The Labute approximate surface area is 68.5 Å². The molecule has 0 aromatic carbocycles. The van der Waals surface area contributed by atoms with E-state index in [-0.39, 0.29) is 29.6 Å². The van der Waals surface area contributed by atoms with Crippen molar-refractivity contribution in [2.24, 2.45) is 0 Å². The zero-order chi connectivity index (χ0) is 6.50. The van der Waals surface area contributed by atoms with E-state index in [0.717, 1.165) is 0 Å². The second-order valence-corrected chi connectivity index (χ2v) is 1.63. The van der Waals surface area contributed by atoms with Gasteiger partial charge in [0.2, 0.25) is 0 Å². The van der Waals surface area contributed by atoms with Crippen molar-refractivity contribution in [1.29, 1.82) is 0 Å². The van der Waals surface area contributed by atoms with E-state index in [1.807, 2.05) is 0 Å². The molecule has 8 heteroatoms. The van der Waals surface area contributed by atoms with Crippen molar-refractivity contribution >= 4 is 29.6 Å². The Kier molecular flexibility index (Phi) is 15.5. The monoisotopic (exact) mass is 178 g/mol. The van der Waals surface area contributed by atoms with Crippen LogP contribution in [0.15, 0.2) is 0 Å². The number of rotatable bonds is 0. The van der Waals surface area contributed by atoms with Gasteiger partial charge in [-0.1, -0.05) is 0 Å². The molecule has 0 unspecified atom stereocenters. The van der Waals surface area contributed by atoms with Crippen molar-refractivity contribution < 1.29 is 39.2 Å². The van der Waals surface area contributed by atoms with Crippen molar-refractivity contribution in [3.8, 4) is 0 Å². The molecule has 0 bridgehead atoms. The average molecular weight is 178 g/mol. The Morgan fingerprint density at radius 1 is 1.00 bits per heavy atom. The van der Waals surface area contributed by atoms with Gasteiger partial charge in [-0.2, -0.15) is 0 Å². The average Bonchev–Trinajstić information content (AvgIpc) is 1.36. The molecule has 3 N–H and O–H groups in total. The second-order valence-electron chi connectivity index (χ2n) is 0.396. The SMILES string of the molecule is OO.[NaH].[O]=[Mn](=[O])(=[O])[OH]. The maximum atomic E-state index is 8.69. The predicted octanol–water partition coefficient (Wildman–Crippen LogP) is -1.55. The molecular weight excluding hydrogens is 174 g/mol. The number of hydrogen-bond donors (Lipinski definition) is 3. The summed E-state index contributed by atoms with van der Waals surface area (Å²) in [5.74, 6) is 0. The first-order chi connectivity index (χ1) is 3.00. The van der Waals surface area contributed by atoms with Crippen molar-refractivity contribution in [1.82, 2.24) is 0 Å². The topological polar surface area (TPSA) is 112 Å². The molecule has 48 valence electrons. The minimum absolute atomic E-state index is 0. The molecule has 0 aliphatic carbocycles. The van der Waals surface area contributed by atoms with Gasteiger partial charge in [-0.05, 0) is 0 Å². The van der Waals surface area contributed by atoms with E-state index in [4.69, 9.17) is 26.2 Å². The molecule has 0 saturated heterocycles. The van der Waals surface area contributed by atoms with Crippen LogP contribution in [0.5, 0.6) is 0 Å². The van der Waals surface area contributed by atoms with Crippen LogP contribution in [0.25, 0.3) is 0 Å². The van der Waals surface area contributed by atoms with Crippen LogP contribution in [0.2, 0.25) is 0 Å². The molecule has 0 aliphatic rings. The molecule has 8 heavy (non-hydrogen) atoms.